The Labute approximate surface area is 151 Å². The monoisotopic (exact) mass is 377 g/mol. The highest BCUT2D eigenvalue weighted by atomic mass is 32.2. The average Bonchev–Trinajstić information content (AvgIpc) is 2.53. The molecular weight excluding hydrogens is 358 g/mol. The smallest absolute Gasteiger partial charge is 0.280 e. The minimum absolute atomic E-state index is 0.0613. The van der Waals surface area contributed by atoms with Crippen molar-refractivity contribution in [3.05, 3.63) is 47.5 Å². The molecule has 138 valence electrons. The van der Waals surface area contributed by atoms with Gasteiger partial charge in [0.1, 0.15) is 10.6 Å². The molecule has 4 N–H and O–H groups in total. The number of benzene rings is 2. The summed E-state index contributed by atoms with van der Waals surface area (Å²) in [6.45, 7) is 1.62. The minimum Gasteiger partial charge on any atom is -0.493 e. The summed E-state index contributed by atoms with van der Waals surface area (Å²) >= 11 is 0. The van der Waals surface area contributed by atoms with E-state index >= 15 is 0 Å². The van der Waals surface area contributed by atoms with E-state index in [0.717, 1.165) is 6.26 Å². The predicted octanol–water partition coefficient (Wildman–Crippen LogP) is 1.61. The Morgan fingerprint density at radius 2 is 1.69 bits per heavy atom. The van der Waals surface area contributed by atoms with Crippen molar-refractivity contribution in [1.82, 2.24) is 0 Å². The summed E-state index contributed by atoms with van der Waals surface area (Å²) < 4.78 is 35.4. The van der Waals surface area contributed by atoms with E-state index in [4.69, 9.17) is 20.9 Å². The molecule has 2 aromatic rings. The molecule has 1 amide bonds. The molecule has 0 saturated carbocycles. The molecule has 0 atom stereocenters. The Kier molecular flexibility index (Phi) is 5.51. The lowest BCUT2D eigenvalue weighted by molar-refractivity contribution is 0.100. The van der Waals surface area contributed by atoms with Crippen molar-refractivity contribution in [3.63, 3.8) is 0 Å². The third-order valence-corrected chi connectivity index (χ3v) is 4.56. The van der Waals surface area contributed by atoms with Gasteiger partial charge in [-0.2, -0.15) is 4.99 Å². The van der Waals surface area contributed by atoms with Crippen LogP contribution in [0.5, 0.6) is 17.2 Å². The third-order valence-electron chi connectivity index (χ3n) is 3.44. The van der Waals surface area contributed by atoms with Crippen molar-refractivity contribution in [2.45, 2.75) is 11.8 Å². The van der Waals surface area contributed by atoms with Crippen LogP contribution in [0, 0.1) is 6.92 Å². The summed E-state index contributed by atoms with van der Waals surface area (Å²) in [6.07, 6.45) is 1.02. The molecule has 0 spiro atoms. The number of methoxy groups -OCH3 is 1. The molecule has 0 radical (unpaired) electrons. The lowest BCUT2D eigenvalue weighted by Gasteiger charge is -2.15. The molecule has 8 nitrogen and oxygen atoms in total. The van der Waals surface area contributed by atoms with E-state index < -0.39 is 21.7 Å². The lowest BCUT2D eigenvalue weighted by atomic mass is 10.1. The van der Waals surface area contributed by atoms with E-state index in [1.54, 1.807) is 31.2 Å². The number of guanidine groups is 1. The summed E-state index contributed by atoms with van der Waals surface area (Å²) in [5.41, 5.74) is 11.0. The largest absolute Gasteiger partial charge is 0.493 e. The summed E-state index contributed by atoms with van der Waals surface area (Å²) in [7, 11) is -2.23. The molecule has 0 aliphatic rings. The van der Waals surface area contributed by atoms with E-state index in [2.05, 4.69) is 4.99 Å². The number of amides is 1. The van der Waals surface area contributed by atoms with Gasteiger partial charge in [0.25, 0.3) is 5.91 Å². The number of nitrogens with two attached hydrogens (primary N) is 2. The molecule has 0 aromatic heterocycles. The summed E-state index contributed by atoms with van der Waals surface area (Å²) in [5.74, 6) is -0.315. The van der Waals surface area contributed by atoms with Crippen LogP contribution in [0.1, 0.15) is 15.9 Å². The van der Waals surface area contributed by atoms with Gasteiger partial charge in [-0.1, -0.05) is 12.1 Å². The van der Waals surface area contributed by atoms with E-state index in [1.807, 2.05) is 0 Å². The Hall–Kier alpha value is -3.07. The number of carbonyl (C=O) groups is 1. The number of carbonyl (C=O) groups excluding carboxylic acids is 1. The highest BCUT2D eigenvalue weighted by Gasteiger charge is 2.21. The molecule has 0 heterocycles. The quantitative estimate of drug-likeness (QED) is 0.597. The molecule has 0 saturated heterocycles. The second-order valence-corrected chi connectivity index (χ2v) is 7.46. The first-order chi connectivity index (χ1) is 12.1. The van der Waals surface area contributed by atoms with Gasteiger partial charge in [0.15, 0.2) is 27.3 Å². The van der Waals surface area contributed by atoms with Gasteiger partial charge in [0.2, 0.25) is 0 Å². The maximum atomic E-state index is 12.2. The molecule has 2 rings (SSSR count). The van der Waals surface area contributed by atoms with Gasteiger partial charge in [0, 0.05) is 11.8 Å². The van der Waals surface area contributed by atoms with Crippen molar-refractivity contribution >= 4 is 21.7 Å². The van der Waals surface area contributed by atoms with Crippen molar-refractivity contribution < 1.29 is 22.7 Å². The molecule has 0 unspecified atom stereocenters. The highest BCUT2D eigenvalue weighted by Crippen LogP contribution is 2.36. The summed E-state index contributed by atoms with van der Waals surface area (Å²) in [6, 6.07) is 9.44. The number of ether oxygens (including phenoxy) is 2. The average molecular weight is 377 g/mol. The SMILES string of the molecule is COc1ccccc1Oc1cc(C)c(C(=O)N=C(N)N)cc1S(C)(=O)=O. The van der Waals surface area contributed by atoms with Crippen molar-refractivity contribution in [3.8, 4) is 17.2 Å². The van der Waals surface area contributed by atoms with Crippen molar-refractivity contribution in [2.24, 2.45) is 16.5 Å². The number of hydrogen-bond acceptors (Lipinski definition) is 5. The standard InChI is InChI=1S/C17H19N3O5S/c1-10-8-14(25-13-7-5-4-6-12(13)24-2)15(26(3,22)23)9-11(10)16(21)20-17(18)19/h4-9H,1-3H3,(H4,18,19,20,21). The molecule has 0 fully saturated rings. The topological polar surface area (TPSA) is 134 Å². The first-order valence-corrected chi connectivity index (χ1v) is 9.32. The van der Waals surface area contributed by atoms with Crippen LogP contribution in [0.4, 0.5) is 0 Å². The zero-order valence-corrected chi connectivity index (χ0v) is 15.3. The van der Waals surface area contributed by atoms with Gasteiger partial charge in [-0.15, -0.1) is 0 Å². The van der Waals surface area contributed by atoms with Gasteiger partial charge in [-0.05, 0) is 36.8 Å². The first kappa shape index (κ1) is 19.3. The van der Waals surface area contributed by atoms with Crippen LogP contribution in [-0.4, -0.2) is 33.7 Å². The third kappa shape index (κ3) is 4.31. The van der Waals surface area contributed by atoms with Crippen LogP contribution >= 0.6 is 0 Å². The van der Waals surface area contributed by atoms with Gasteiger partial charge in [-0.25, -0.2) is 8.42 Å². The first-order valence-electron chi connectivity index (χ1n) is 7.43. The Balaban J connectivity index is 2.62. The number of aliphatic imine (C=N–C) groups is 1. The normalized spacial score (nSPS) is 10.9. The van der Waals surface area contributed by atoms with Gasteiger partial charge in [-0.3, -0.25) is 4.79 Å². The van der Waals surface area contributed by atoms with E-state index in [0.29, 0.717) is 17.1 Å². The highest BCUT2D eigenvalue weighted by molar-refractivity contribution is 7.90. The predicted molar refractivity (Wildman–Crippen MR) is 97.5 cm³/mol. The summed E-state index contributed by atoms with van der Waals surface area (Å²) in [4.78, 5) is 15.4. The molecule has 26 heavy (non-hydrogen) atoms. The number of aryl methyl sites for hydroxylation is 1. The molecule has 2 aromatic carbocycles. The van der Waals surface area contributed by atoms with Gasteiger partial charge >= 0.3 is 0 Å². The number of hydrogen-bond donors (Lipinski definition) is 2. The Morgan fingerprint density at radius 3 is 2.23 bits per heavy atom. The maximum absolute atomic E-state index is 12.2. The Morgan fingerprint density at radius 1 is 1.08 bits per heavy atom. The molecule has 9 heteroatoms. The van der Waals surface area contributed by atoms with E-state index in [1.165, 1.54) is 19.2 Å². The number of para-hydroxylation sites is 2. The fraction of sp³-hybridized carbons (Fsp3) is 0.176. The molecule has 0 aliphatic carbocycles. The molecule has 0 bridgehead atoms. The number of sulfone groups is 1. The summed E-state index contributed by atoms with van der Waals surface area (Å²) in [5, 5.41) is 0. The Bertz CT molecular complexity index is 980. The second-order valence-electron chi connectivity index (χ2n) is 5.48. The van der Waals surface area contributed by atoms with E-state index in [-0.39, 0.29) is 16.2 Å². The second kappa shape index (κ2) is 7.44. The minimum atomic E-state index is -3.70. The van der Waals surface area contributed by atoms with E-state index in [9.17, 15) is 13.2 Å². The fourth-order valence-electron chi connectivity index (χ4n) is 2.26. The van der Waals surface area contributed by atoms with Crippen LogP contribution in [0.15, 0.2) is 46.3 Å². The van der Waals surface area contributed by atoms with Crippen molar-refractivity contribution in [2.75, 3.05) is 13.4 Å². The zero-order valence-electron chi connectivity index (χ0n) is 14.5. The molecular formula is C17H19N3O5S. The number of rotatable bonds is 5. The molecule has 0 aliphatic heterocycles. The fourth-order valence-corrected chi connectivity index (χ4v) is 3.06. The van der Waals surface area contributed by atoms with Crippen LogP contribution < -0.4 is 20.9 Å². The number of nitrogens with zero attached hydrogens (tertiary/aromatic N) is 1. The zero-order chi connectivity index (χ0) is 19.5. The lowest BCUT2D eigenvalue weighted by Crippen LogP contribution is -2.24. The van der Waals surface area contributed by atoms with Crippen molar-refractivity contribution in [1.29, 1.82) is 0 Å². The van der Waals surface area contributed by atoms with Gasteiger partial charge < -0.3 is 20.9 Å². The van der Waals surface area contributed by atoms with Gasteiger partial charge in [0.05, 0.1) is 7.11 Å². The van der Waals surface area contributed by atoms with Crippen LogP contribution in [0.25, 0.3) is 0 Å². The van der Waals surface area contributed by atoms with Crippen LogP contribution in [0.3, 0.4) is 0 Å². The van der Waals surface area contributed by atoms with Crippen LogP contribution in [0.2, 0.25) is 0 Å². The maximum Gasteiger partial charge on any atom is 0.280 e. The van der Waals surface area contributed by atoms with Crippen LogP contribution in [-0.2, 0) is 9.84 Å².